The van der Waals surface area contributed by atoms with Crippen LogP contribution in [0.2, 0.25) is 5.02 Å². The number of aliphatic hydroxyl groups excluding tert-OH is 1. The fraction of sp³-hybridized carbons (Fsp3) is 0.400. The van der Waals surface area contributed by atoms with Gasteiger partial charge < -0.3 is 5.11 Å². The Morgan fingerprint density at radius 1 is 1.44 bits per heavy atom. The summed E-state index contributed by atoms with van der Waals surface area (Å²) in [7, 11) is -3.65. The molecule has 0 atom stereocenters. The fourth-order valence-electron chi connectivity index (χ4n) is 1.09. The van der Waals surface area contributed by atoms with Crippen LogP contribution in [0.1, 0.15) is 13.8 Å². The maximum absolute atomic E-state index is 11.9. The molecule has 0 saturated heterocycles. The SMILES string of the molecule is CC(C)(CO)NS(=O)(=O)c1cccc(Cl)c1. The van der Waals surface area contributed by atoms with E-state index in [4.69, 9.17) is 16.7 Å². The van der Waals surface area contributed by atoms with Crippen LogP contribution in [-0.4, -0.2) is 25.7 Å². The van der Waals surface area contributed by atoms with Crippen LogP contribution >= 0.6 is 11.6 Å². The van der Waals surface area contributed by atoms with Crippen LogP contribution in [-0.2, 0) is 10.0 Å². The largest absolute Gasteiger partial charge is 0.394 e. The van der Waals surface area contributed by atoms with Gasteiger partial charge in [0.15, 0.2) is 0 Å². The van der Waals surface area contributed by atoms with Crippen LogP contribution in [0.3, 0.4) is 0 Å². The molecule has 0 radical (unpaired) electrons. The summed E-state index contributed by atoms with van der Waals surface area (Å²) in [6, 6.07) is 5.96. The number of rotatable bonds is 4. The third kappa shape index (κ3) is 3.45. The highest BCUT2D eigenvalue weighted by molar-refractivity contribution is 7.89. The Morgan fingerprint density at radius 3 is 2.56 bits per heavy atom. The fourth-order valence-corrected chi connectivity index (χ4v) is 2.79. The predicted octanol–water partition coefficient (Wildman–Crippen LogP) is 1.39. The zero-order valence-electron chi connectivity index (χ0n) is 9.07. The van der Waals surface area contributed by atoms with Crippen LogP contribution in [0.5, 0.6) is 0 Å². The van der Waals surface area contributed by atoms with Crippen LogP contribution in [0.4, 0.5) is 0 Å². The molecule has 0 aliphatic heterocycles. The van der Waals surface area contributed by atoms with E-state index in [9.17, 15) is 8.42 Å². The van der Waals surface area contributed by atoms with E-state index in [1.54, 1.807) is 26.0 Å². The van der Waals surface area contributed by atoms with Gasteiger partial charge in [-0.25, -0.2) is 13.1 Å². The van der Waals surface area contributed by atoms with Gasteiger partial charge in [-0.05, 0) is 32.0 Å². The molecule has 16 heavy (non-hydrogen) atoms. The molecule has 0 amide bonds. The van der Waals surface area contributed by atoms with Crippen LogP contribution in [0, 0.1) is 0 Å². The lowest BCUT2D eigenvalue weighted by molar-refractivity contribution is 0.208. The topological polar surface area (TPSA) is 66.4 Å². The third-order valence-corrected chi connectivity index (χ3v) is 3.84. The molecular weight excluding hydrogens is 250 g/mol. The lowest BCUT2D eigenvalue weighted by atomic mass is 10.1. The van der Waals surface area contributed by atoms with E-state index in [1.807, 2.05) is 0 Å². The van der Waals surface area contributed by atoms with Crippen molar-refractivity contribution in [1.29, 1.82) is 0 Å². The minimum Gasteiger partial charge on any atom is -0.394 e. The normalized spacial score (nSPS) is 12.8. The lowest BCUT2D eigenvalue weighted by Crippen LogP contribution is -2.46. The van der Waals surface area contributed by atoms with Crippen molar-refractivity contribution in [3.8, 4) is 0 Å². The van der Waals surface area contributed by atoms with Crippen molar-refractivity contribution in [2.45, 2.75) is 24.3 Å². The van der Waals surface area contributed by atoms with Crippen LogP contribution < -0.4 is 4.72 Å². The van der Waals surface area contributed by atoms with Gasteiger partial charge in [0, 0.05) is 5.02 Å². The summed E-state index contributed by atoms with van der Waals surface area (Å²) in [5.41, 5.74) is -0.902. The van der Waals surface area contributed by atoms with Gasteiger partial charge in [0.25, 0.3) is 0 Å². The highest BCUT2D eigenvalue weighted by atomic mass is 35.5. The maximum Gasteiger partial charge on any atom is 0.241 e. The van der Waals surface area contributed by atoms with Crippen LogP contribution in [0.25, 0.3) is 0 Å². The molecule has 0 aliphatic carbocycles. The zero-order chi connectivity index (χ0) is 12.4. The van der Waals surface area contributed by atoms with E-state index in [2.05, 4.69) is 4.72 Å². The third-order valence-electron chi connectivity index (χ3n) is 1.91. The molecule has 2 N–H and O–H groups in total. The first-order valence-electron chi connectivity index (χ1n) is 4.67. The Labute approximate surface area is 100 Å². The quantitative estimate of drug-likeness (QED) is 0.863. The van der Waals surface area contributed by atoms with E-state index in [0.29, 0.717) is 5.02 Å². The number of benzene rings is 1. The minimum atomic E-state index is -3.65. The van der Waals surface area contributed by atoms with Gasteiger partial charge in [-0.15, -0.1) is 0 Å². The molecule has 0 fully saturated rings. The average molecular weight is 264 g/mol. The molecule has 4 nitrogen and oxygen atoms in total. The summed E-state index contributed by atoms with van der Waals surface area (Å²) in [4.78, 5) is 0.0847. The van der Waals surface area contributed by atoms with Crippen molar-refractivity contribution in [3.05, 3.63) is 29.3 Å². The smallest absolute Gasteiger partial charge is 0.241 e. The zero-order valence-corrected chi connectivity index (χ0v) is 10.6. The second-order valence-electron chi connectivity index (χ2n) is 4.10. The molecule has 1 aromatic rings. The monoisotopic (exact) mass is 263 g/mol. The summed E-state index contributed by atoms with van der Waals surface area (Å²) >= 11 is 5.71. The molecule has 1 aromatic carbocycles. The van der Waals surface area contributed by atoms with Crippen molar-refractivity contribution in [2.75, 3.05) is 6.61 Å². The van der Waals surface area contributed by atoms with Gasteiger partial charge in [0.2, 0.25) is 10.0 Å². The molecule has 0 heterocycles. The van der Waals surface area contributed by atoms with Crippen molar-refractivity contribution in [2.24, 2.45) is 0 Å². The van der Waals surface area contributed by atoms with Crippen molar-refractivity contribution in [3.63, 3.8) is 0 Å². The minimum absolute atomic E-state index is 0.0847. The van der Waals surface area contributed by atoms with Crippen LogP contribution in [0.15, 0.2) is 29.2 Å². The van der Waals surface area contributed by atoms with Gasteiger partial charge in [-0.1, -0.05) is 17.7 Å². The van der Waals surface area contributed by atoms with Gasteiger partial charge in [-0.2, -0.15) is 0 Å². The molecule has 0 saturated carbocycles. The number of sulfonamides is 1. The Hall–Kier alpha value is -0.620. The summed E-state index contributed by atoms with van der Waals surface area (Å²) in [6.45, 7) is 2.90. The van der Waals surface area contributed by atoms with E-state index < -0.39 is 15.6 Å². The van der Waals surface area contributed by atoms with Gasteiger partial charge in [-0.3, -0.25) is 0 Å². The molecule has 0 spiro atoms. The Morgan fingerprint density at radius 2 is 2.06 bits per heavy atom. The predicted molar refractivity (Wildman–Crippen MR) is 62.9 cm³/mol. The van der Waals surface area contributed by atoms with Gasteiger partial charge in [0.1, 0.15) is 0 Å². The molecule has 90 valence electrons. The van der Waals surface area contributed by atoms with E-state index in [0.717, 1.165) is 0 Å². The Balaban J connectivity index is 3.04. The first-order chi connectivity index (χ1) is 7.27. The summed E-state index contributed by atoms with van der Waals surface area (Å²) in [5, 5.41) is 9.36. The number of hydrogen-bond acceptors (Lipinski definition) is 3. The first-order valence-corrected chi connectivity index (χ1v) is 6.53. The van der Waals surface area contributed by atoms with Crippen molar-refractivity contribution in [1.82, 2.24) is 4.72 Å². The molecule has 0 unspecified atom stereocenters. The second-order valence-corrected chi connectivity index (χ2v) is 6.22. The summed E-state index contributed by atoms with van der Waals surface area (Å²) < 4.78 is 26.1. The maximum atomic E-state index is 11.9. The highest BCUT2D eigenvalue weighted by Gasteiger charge is 2.25. The van der Waals surface area contributed by atoms with Crippen molar-refractivity contribution < 1.29 is 13.5 Å². The van der Waals surface area contributed by atoms with E-state index in [-0.39, 0.29) is 11.5 Å². The molecule has 6 heteroatoms. The molecule has 0 bridgehead atoms. The van der Waals surface area contributed by atoms with E-state index in [1.165, 1.54) is 12.1 Å². The standard InChI is InChI=1S/C10H14ClNO3S/c1-10(2,7-13)12-16(14,15)9-5-3-4-8(11)6-9/h3-6,12-13H,7H2,1-2H3. The molecule has 1 rings (SSSR count). The van der Waals surface area contributed by atoms with Crippen molar-refractivity contribution >= 4 is 21.6 Å². The number of aliphatic hydroxyl groups is 1. The summed E-state index contributed by atoms with van der Waals surface area (Å²) in [5.74, 6) is 0. The van der Waals surface area contributed by atoms with Gasteiger partial charge in [0.05, 0.1) is 17.0 Å². The van der Waals surface area contributed by atoms with Gasteiger partial charge >= 0.3 is 0 Å². The molecular formula is C10H14ClNO3S. The highest BCUT2D eigenvalue weighted by Crippen LogP contribution is 2.17. The molecule has 0 aromatic heterocycles. The number of hydrogen-bond donors (Lipinski definition) is 2. The first kappa shape index (κ1) is 13.4. The average Bonchev–Trinajstić information content (AvgIpc) is 2.16. The number of halogens is 1. The Kier molecular flexibility index (Phi) is 3.96. The molecule has 0 aliphatic rings. The number of nitrogens with one attached hydrogen (secondary N) is 1. The van der Waals surface area contributed by atoms with E-state index >= 15 is 0 Å². The second kappa shape index (κ2) is 4.71. The lowest BCUT2D eigenvalue weighted by Gasteiger charge is -2.23. The Bertz CT molecular complexity index is 471. The summed E-state index contributed by atoms with van der Waals surface area (Å²) in [6.07, 6.45) is 0.